The number of aromatic nitrogens is 3. The first-order valence-electron chi connectivity index (χ1n) is 9.17. The fourth-order valence-corrected chi connectivity index (χ4v) is 3.63. The summed E-state index contributed by atoms with van der Waals surface area (Å²) >= 11 is 1.28. The van der Waals surface area contributed by atoms with Crippen molar-refractivity contribution in [2.45, 2.75) is 45.9 Å². The van der Waals surface area contributed by atoms with Crippen molar-refractivity contribution >= 4 is 17.5 Å². The van der Waals surface area contributed by atoms with Crippen LogP contribution in [0.1, 0.15) is 42.0 Å². The standard InChI is InChI=1S/C21H25N3O2S/c1-14(2)10-11-24-15(3)12-18(16(24)4)19(25)13-27-21-23-22-20(26-21)17-8-6-5-7-9-17/h5-9,12,14H,10-11,13H2,1-4H3. The number of carbonyl (C=O) groups excluding carboxylic acids is 1. The molecule has 1 aromatic carbocycles. The Balaban J connectivity index is 1.65. The number of benzene rings is 1. The molecule has 0 fully saturated rings. The number of nitrogens with zero attached hydrogens (tertiary/aromatic N) is 3. The maximum Gasteiger partial charge on any atom is 0.277 e. The predicted molar refractivity (Wildman–Crippen MR) is 108 cm³/mol. The third kappa shape index (κ3) is 4.69. The molecule has 2 aromatic heterocycles. The van der Waals surface area contributed by atoms with E-state index in [4.69, 9.17) is 4.42 Å². The van der Waals surface area contributed by atoms with Crippen LogP contribution in [0.5, 0.6) is 0 Å². The highest BCUT2D eigenvalue weighted by molar-refractivity contribution is 7.99. The van der Waals surface area contributed by atoms with Crippen LogP contribution in [0.25, 0.3) is 11.5 Å². The molecule has 3 aromatic rings. The Labute approximate surface area is 164 Å². The minimum atomic E-state index is 0.0864. The molecule has 0 amide bonds. The number of hydrogen-bond donors (Lipinski definition) is 0. The van der Waals surface area contributed by atoms with Crippen molar-refractivity contribution in [3.63, 3.8) is 0 Å². The van der Waals surface area contributed by atoms with E-state index in [9.17, 15) is 4.79 Å². The van der Waals surface area contributed by atoms with E-state index < -0.39 is 0 Å². The summed E-state index contributed by atoms with van der Waals surface area (Å²) in [6.45, 7) is 9.45. The van der Waals surface area contributed by atoms with Crippen LogP contribution in [0, 0.1) is 19.8 Å². The molecule has 5 nitrogen and oxygen atoms in total. The molecule has 0 aliphatic heterocycles. The lowest BCUT2D eigenvalue weighted by Gasteiger charge is -2.11. The summed E-state index contributed by atoms with van der Waals surface area (Å²) in [5, 5.41) is 8.51. The number of thioether (sulfide) groups is 1. The Hall–Kier alpha value is -2.34. The van der Waals surface area contributed by atoms with Gasteiger partial charge in [-0.15, -0.1) is 10.2 Å². The van der Waals surface area contributed by atoms with Gasteiger partial charge < -0.3 is 8.98 Å². The molecule has 27 heavy (non-hydrogen) atoms. The second-order valence-corrected chi connectivity index (χ2v) is 8.00. The van der Waals surface area contributed by atoms with Crippen molar-refractivity contribution in [2.75, 3.05) is 5.75 Å². The van der Waals surface area contributed by atoms with Crippen molar-refractivity contribution in [1.82, 2.24) is 14.8 Å². The Morgan fingerprint density at radius 3 is 2.63 bits per heavy atom. The Kier molecular flexibility index (Phi) is 6.16. The molecule has 6 heteroatoms. The molecule has 0 aliphatic rings. The SMILES string of the molecule is Cc1cc(C(=O)CSc2nnc(-c3ccccc3)o2)c(C)n1CCC(C)C. The minimum Gasteiger partial charge on any atom is -0.411 e. The topological polar surface area (TPSA) is 60.9 Å². The quantitative estimate of drug-likeness (QED) is 0.396. The summed E-state index contributed by atoms with van der Waals surface area (Å²) < 4.78 is 7.90. The minimum absolute atomic E-state index is 0.0864. The maximum atomic E-state index is 12.7. The summed E-state index contributed by atoms with van der Waals surface area (Å²) in [6, 6.07) is 11.6. The Morgan fingerprint density at radius 2 is 1.93 bits per heavy atom. The average molecular weight is 384 g/mol. The van der Waals surface area contributed by atoms with E-state index >= 15 is 0 Å². The number of hydrogen-bond acceptors (Lipinski definition) is 5. The van der Waals surface area contributed by atoms with E-state index in [0.29, 0.717) is 17.0 Å². The third-order valence-corrected chi connectivity index (χ3v) is 5.38. The summed E-state index contributed by atoms with van der Waals surface area (Å²) in [6.07, 6.45) is 1.10. The van der Waals surface area contributed by atoms with E-state index in [0.717, 1.165) is 35.5 Å². The summed E-state index contributed by atoms with van der Waals surface area (Å²) in [5.74, 6) is 1.48. The first-order valence-corrected chi connectivity index (χ1v) is 10.2. The number of rotatable bonds is 8. The fourth-order valence-electron chi connectivity index (χ4n) is 2.99. The number of carbonyl (C=O) groups is 1. The van der Waals surface area contributed by atoms with E-state index in [2.05, 4.69) is 35.5 Å². The van der Waals surface area contributed by atoms with Crippen LogP contribution in [-0.4, -0.2) is 26.3 Å². The van der Waals surface area contributed by atoms with Gasteiger partial charge in [0.2, 0.25) is 5.89 Å². The van der Waals surface area contributed by atoms with Crippen molar-refractivity contribution in [3.8, 4) is 11.5 Å². The highest BCUT2D eigenvalue weighted by Crippen LogP contribution is 2.25. The summed E-state index contributed by atoms with van der Waals surface area (Å²) in [7, 11) is 0. The maximum absolute atomic E-state index is 12.7. The van der Waals surface area contributed by atoms with Gasteiger partial charge in [0, 0.05) is 29.1 Å². The molecule has 0 spiro atoms. The van der Waals surface area contributed by atoms with Crippen molar-refractivity contribution in [3.05, 3.63) is 53.3 Å². The smallest absolute Gasteiger partial charge is 0.277 e. The molecule has 0 saturated heterocycles. The Morgan fingerprint density at radius 1 is 1.19 bits per heavy atom. The summed E-state index contributed by atoms with van der Waals surface area (Å²) in [4.78, 5) is 12.7. The Bertz CT molecular complexity index is 913. The van der Waals surface area contributed by atoms with Crippen molar-refractivity contribution < 1.29 is 9.21 Å². The first-order chi connectivity index (χ1) is 13.0. The van der Waals surface area contributed by atoms with Gasteiger partial charge in [0.25, 0.3) is 5.22 Å². The lowest BCUT2D eigenvalue weighted by atomic mass is 10.1. The number of ketones is 1. The van der Waals surface area contributed by atoms with Gasteiger partial charge in [-0.05, 0) is 44.4 Å². The van der Waals surface area contributed by atoms with E-state index in [1.807, 2.05) is 43.3 Å². The van der Waals surface area contributed by atoms with Crippen LogP contribution in [0.15, 0.2) is 46.0 Å². The zero-order valence-electron chi connectivity index (χ0n) is 16.2. The number of aryl methyl sites for hydroxylation is 1. The lowest BCUT2D eigenvalue weighted by molar-refractivity contribution is 0.102. The number of Topliss-reactive ketones (excluding diaryl/α,β-unsaturated/α-hetero) is 1. The van der Waals surface area contributed by atoms with Gasteiger partial charge in [-0.2, -0.15) is 0 Å². The lowest BCUT2D eigenvalue weighted by Crippen LogP contribution is -2.08. The summed E-state index contributed by atoms with van der Waals surface area (Å²) in [5.41, 5.74) is 3.82. The molecule has 0 bridgehead atoms. The predicted octanol–water partition coefficient (Wildman–Crippen LogP) is 5.18. The zero-order valence-corrected chi connectivity index (χ0v) is 17.0. The molecule has 0 N–H and O–H groups in total. The van der Waals surface area contributed by atoms with Crippen LogP contribution in [0.4, 0.5) is 0 Å². The fraction of sp³-hybridized carbons (Fsp3) is 0.381. The van der Waals surface area contributed by atoms with Crippen LogP contribution >= 0.6 is 11.8 Å². The molecular formula is C21H25N3O2S. The molecule has 2 heterocycles. The second kappa shape index (κ2) is 8.57. The molecule has 0 unspecified atom stereocenters. The van der Waals surface area contributed by atoms with Gasteiger partial charge in [-0.3, -0.25) is 4.79 Å². The monoisotopic (exact) mass is 383 g/mol. The largest absolute Gasteiger partial charge is 0.411 e. The molecule has 3 rings (SSSR count). The van der Waals surface area contributed by atoms with Gasteiger partial charge >= 0.3 is 0 Å². The molecule has 142 valence electrons. The van der Waals surface area contributed by atoms with Crippen LogP contribution in [0.2, 0.25) is 0 Å². The third-order valence-electron chi connectivity index (χ3n) is 4.56. The average Bonchev–Trinajstić information content (AvgIpc) is 3.24. The molecule has 0 atom stereocenters. The highest BCUT2D eigenvalue weighted by atomic mass is 32.2. The van der Waals surface area contributed by atoms with E-state index in [1.54, 1.807) is 0 Å². The molecule has 0 aliphatic carbocycles. The van der Waals surface area contributed by atoms with E-state index in [-0.39, 0.29) is 11.5 Å². The second-order valence-electron chi connectivity index (χ2n) is 7.07. The van der Waals surface area contributed by atoms with Crippen molar-refractivity contribution in [2.24, 2.45) is 5.92 Å². The first kappa shape index (κ1) is 19.4. The van der Waals surface area contributed by atoms with Crippen LogP contribution in [-0.2, 0) is 6.54 Å². The molecule has 0 saturated carbocycles. The van der Waals surface area contributed by atoms with Gasteiger partial charge in [0.1, 0.15) is 0 Å². The zero-order chi connectivity index (χ0) is 19.4. The van der Waals surface area contributed by atoms with Crippen molar-refractivity contribution in [1.29, 1.82) is 0 Å². The van der Waals surface area contributed by atoms with Gasteiger partial charge in [-0.25, -0.2) is 0 Å². The normalized spacial score (nSPS) is 11.3. The van der Waals surface area contributed by atoms with Gasteiger partial charge in [0.05, 0.1) is 5.75 Å². The van der Waals surface area contributed by atoms with Crippen LogP contribution < -0.4 is 0 Å². The molecular weight excluding hydrogens is 358 g/mol. The van der Waals surface area contributed by atoms with E-state index in [1.165, 1.54) is 11.8 Å². The van der Waals surface area contributed by atoms with Gasteiger partial charge in [-0.1, -0.05) is 43.8 Å². The van der Waals surface area contributed by atoms with Gasteiger partial charge in [0.15, 0.2) is 5.78 Å². The highest BCUT2D eigenvalue weighted by Gasteiger charge is 2.17. The van der Waals surface area contributed by atoms with Crippen LogP contribution in [0.3, 0.4) is 0 Å². The molecule has 0 radical (unpaired) electrons.